The summed E-state index contributed by atoms with van der Waals surface area (Å²) in [6, 6.07) is 0. The molecule has 0 atom stereocenters. The predicted octanol–water partition coefficient (Wildman–Crippen LogP) is 1.16. The Hall–Kier alpha value is -0.940. The maximum atomic E-state index is 5.04. The summed E-state index contributed by atoms with van der Waals surface area (Å²) in [6.07, 6.45) is 0.971. The first kappa shape index (κ1) is 13.1. The lowest BCUT2D eigenvalue weighted by molar-refractivity contribution is 0.188. The van der Waals surface area contributed by atoms with Crippen LogP contribution >= 0.6 is 0 Å². The number of methoxy groups -OCH3 is 1. The van der Waals surface area contributed by atoms with Crippen LogP contribution in [-0.4, -0.2) is 35.8 Å². The number of hydrogen-bond acceptors (Lipinski definition) is 4. The molecule has 16 heavy (non-hydrogen) atoms. The van der Waals surface area contributed by atoms with E-state index in [2.05, 4.69) is 29.5 Å². The molecular weight excluding hydrogens is 204 g/mol. The third kappa shape index (κ3) is 3.28. The molecule has 0 fully saturated rings. The first-order valence-corrected chi connectivity index (χ1v) is 5.76. The summed E-state index contributed by atoms with van der Waals surface area (Å²) in [5.74, 6) is 0.445. The van der Waals surface area contributed by atoms with Gasteiger partial charge in [-0.25, -0.2) is 4.68 Å². The fourth-order valence-corrected chi connectivity index (χ4v) is 1.80. The lowest BCUT2D eigenvalue weighted by Gasteiger charge is -2.10. The lowest BCUT2D eigenvalue weighted by Crippen LogP contribution is -2.12. The molecule has 0 saturated carbocycles. The van der Waals surface area contributed by atoms with Gasteiger partial charge in [0.15, 0.2) is 0 Å². The second-order valence-electron chi connectivity index (χ2n) is 4.18. The molecule has 0 aliphatic heterocycles. The Bertz CT molecular complexity index is 309. The summed E-state index contributed by atoms with van der Waals surface area (Å²) in [6.45, 7) is 6.75. The van der Waals surface area contributed by atoms with Gasteiger partial charge in [0.2, 0.25) is 0 Å². The Balaban J connectivity index is 2.74. The molecule has 0 amide bonds. The molecular formula is C11H22N4O. The Morgan fingerprint density at radius 2 is 2.19 bits per heavy atom. The molecule has 1 aromatic rings. The van der Waals surface area contributed by atoms with Crippen LogP contribution in [0.25, 0.3) is 0 Å². The van der Waals surface area contributed by atoms with E-state index in [9.17, 15) is 0 Å². The smallest absolute Gasteiger partial charge is 0.0999 e. The molecule has 1 N–H and O–H groups in total. The molecule has 1 heterocycles. The van der Waals surface area contributed by atoms with Crippen molar-refractivity contribution >= 4 is 0 Å². The first-order valence-electron chi connectivity index (χ1n) is 5.76. The van der Waals surface area contributed by atoms with Crippen molar-refractivity contribution in [2.75, 3.05) is 20.8 Å². The van der Waals surface area contributed by atoms with Crippen LogP contribution in [0.4, 0.5) is 0 Å². The maximum absolute atomic E-state index is 5.04. The maximum Gasteiger partial charge on any atom is 0.0999 e. The predicted molar refractivity (Wildman–Crippen MR) is 63.4 cm³/mol. The van der Waals surface area contributed by atoms with E-state index in [-0.39, 0.29) is 0 Å². The average Bonchev–Trinajstić information content (AvgIpc) is 2.62. The van der Waals surface area contributed by atoms with Crippen molar-refractivity contribution in [3.8, 4) is 0 Å². The van der Waals surface area contributed by atoms with Crippen LogP contribution in [-0.2, 0) is 17.8 Å². The lowest BCUT2D eigenvalue weighted by atomic mass is 10.1. The number of rotatable bonds is 7. The fraction of sp³-hybridized carbons (Fsp3) is 0.818. The number of hydrogen-bond donors (Lipinski definition) is 1. The molecule has 0 bridgehead atoms. The SMILES string of the molecule is CNCc1nnn(CCCOC)c1C(C)C. The summed E-state index contributed by atoms with van der Waals surface area (Å²) >= 11 is 0. The topological polar surface area (TPSA) is 52.0 Å². The van der Waals surface area contributed by atoms with Crippen molar-refractivity contribution in [3.05, 3.63) is 11.4 Å². The summed E-state index contributed by atoms with van der Waals surface area (Å²) in [4.78, 5) is 0. The van der Waals surface area contributed by atoms with Crippen molar-refractivity contribution in [2.24, 2.45) is 0 Å². The van der Waals surface area contributed by atoms with Crippen LogP contribution in [0.15, 0.2) is 0 Å². The van der Waals surface area contributed by atoms with E-state index in [1.165, 1.54) is 5.69 Å². The zero-order valence-electron chi connectivity index (χ0n) is 10.7. The van der Waals surface area contributed by atoms with E-state index >= 15 is 0 Å². The van der Waals surface area contributed by atoms with Gasteiger partial charge in [0.1, 0.15) is 0 Å². The minimum Gasteiger partial charge on any atom is -0.385 e. The number of nitrogens with one attached hydrogen (secondary N) is 1. The largest absolute Gasteiger partial charge is 0.385 e. The molecule has 0 unspecified atom stereocenters. The van der Waals surface area contributed by atoms with Gasteiger partial charge in [-0.3, -0.25) is 0 Å². The highest BCUT2D eigenvalue weighted by molar-refractivity contribution is 5.14. The summed E-state index contributed by atoms with van der Waals surface area (Å²) in [5, 5.41) is 11.5. The number of aromatic nitrogens is 3. The molecule has 0 aliphatic rings. The first-order chi connectivity index (χ1) is 7.70. The second-order valence-corrected chi connectivity index (χ2v) is 4.18. The van der Waals surface area contributed by atoms with Gasteiger partial charge in [0.25, 0.3) is 0 Å². The van der Waals surface area contributed by atoms with Crippen LogP contribution < -0.4 is 5.32 Å². The molecule has 1 rings (SSSR count). The summed E-state index contributed by atoms with van der Waals surface area (Å²) in [5.41, 5.74) is 2.28. The molecule has 0 spiro atoms. The molecule has 0 aliphatic carbocycles. The van der Waals surface area contributed by atoms with Gasteiger partial charge in [-0.05, 0) is 19.4 Å². The normalized spacial score (nSPS) is 11.3. The van der Waals surface area contributed by atoms with Gasteiger partial charge in [0.05, 0.1) is 11.4 Å². The zero-order chi connectivity index (χ0) is 12.0. The molecule has 5 nitrogen and oxygen atoms in total. The van der Waals surface area contributed by atoms with Crippen molar-refractivity contribution in [1.82, 2.24) is 20.3 Å². The van der Waals surface area contributed by atoms with E-state index in [1.807, 2.05) is 11.7 Å². The highest BCUT2D eigenvalue weighted by atomic mass is 16.5. The van der Waals surface area contributed by atoms with E-state index in [0.29, 0.717) is 5.92 Å². The van der Waals surface area contributed by atoms with Crippen LogP contribution in [0.3, 0.4) is 0 Å². The molecule has 0 aromatic carbocycles. The van der Waals surface area contributed by atoms with Crippen molar-refractivity contribution < 1.29 is 4.74 Å². The Morgan fingerprint density at radius 3 is 2.75 bits per heavy atom. The van der Waals surface area contributed by atoms with E-state index in [1.54, 1.807) is 7.11 Å². The zero-order valence-corrected chi connectivity index (χ0v) is 10.7. The van der Waals surface area contributed by atoms with Crippen LogP contribution in [0.2, 0.25) is 0 Å². The van der Waals surface area contributed by atoms with Gasteiger partial charge < -0.3 is 10.1 Å². The standard InChI is InChI=1S/C11H22N4O/c1-9(2)11-10(8-12-3)13-14-15(11)6-5-7-16-4/h9,12H,5-8H2,1-4H3. The average molecular weight is 226 g/mol. The number of ether oxygens (including phenoxy) is 1. The van der Waals surface area contributed by atoms with Gasteiger partial charge in [0, 0.05) is 26.8 Å². The third-order valence-corrected chi connectivity index (χ3v) is 2.46. The number of nitrogens with zero attached hydrogens (tertiary/aromatic N) is 3. The molecule has 5 heteroatoms. The van der Waals surface area contributed by atoms with Gasteiger partial charge in [-0.15, -0.1) is 5.10 Å². The van der Waals surface area contributed by atoms with Crippen LogP contribution in [0.5, 0.6) is 0 Å². The van der Waals surface area contributed by atoms with E-state index < -0.39 is 0 Å². The van der Waals surface area contributed by atoms with Gasteiger partial charge in [-0.1, -0.05) is 19.1 Å². The van der Waals surface area contributed by atoms with E-state index in [0.717, 1.165) is 31.8 Å². The summed E-state index contributed by atoms with van der Waals surface area (Å²) in [7, 11) is 3.64. The summed E-state index contributed by atoms with van der Waals surface area (Å²) < 4.78 is 7.04. The van der Waals surface area contributed by atoms with E-state index in [4.69, 9.17) is 4.74 Å². The van der Waals surface area contributed by atoms with Gasteiger partial charge >= 0.3 is 0 Å². The van der Waals surface area contributed by atoms with Crippen molar-refractivity contribution in [1.29, 1.82) is 0 Å². The van der Waals surface area contributed by atoms with Crippen molar-refractivity contribution in [3.63, 3.8) is 0 Å². The van der Waals surface area contributed by atoms with Crippen LogP contribution in [0, 0.1) is 0 Å². The number of aryl methyl sites for hydroxylation is 1. The van der Waals surface area contributed by atoms with Gasteiger partial charge in [-0.2, -0.15) is 0 Å². The minimum absolute atomic E-state index is 0.445. The Morgan fingerprint density at radius 1 is 1.44 bits per heavy atom. The monoisotopic (exact) mass is 226 g/mol. The highest BCUT2D eigenvalue weighted by Gasteiger charge is 2.14. The minimum atomic E-state index is 0.445. The Labute approximate surface area is 97.2 Å². The van der Waals surface area contributed by atoms with Crippen molar-refractivity contribution in [2.45, 2.75) is 39.3 Å². The fourth-order valence-electron chi connectivity index (χ4n) is 1.80. The molecule has 0 radical (unpaired) electrons. The molecule has 92 valence electrons. The van der Waals surface area contributed by atoms with Crippen LogP contribution in [0.1, 0.15) is 37.6 Å². The second kappa shape index (κ2) is 6.60. The third-order valence-electron chi connectivity index (χ3n) is 2.46. The molecule has 1 aromatic heterocycles. The highest BCUT2D eigenvalue weighted by Crippen LogP contribution is 2.17. The Kier molecular flexibility index (Phi) is 5.42. The quantitative estimate of drug-likeness (QED) is 0.709. The molecule has 0 saturated heterocycles.